The quantitative estimate of drug-likeness (QED) is 0.239. The lowest BCUT2D eigenvalue weighted by atomic mass is 9.84. The molecule has 0 radical (unpaired) electrons. The van der Waals surface area contributed by atoms with Crippen LogP contribution < -0.4 is 4.90 Å². The number of fused-ring (bicyclic) bond motifs is 1. The van der Waals surface area contributed by atoms with Gasteiger partial charge in [0.15, 0.2) is 0 Å². The van der Waals surface area contributed by atoms with Gasteiger partial charge in [-0.3, -0.25) is 0 Å². The Kier molecular flexibility index (Phi) is 8.33. The highest BCUT2D eigenvalue weighted by atomic mass is 19.5. The largest absolute Gasteiger partial charge is 0.673 e. The SMILES string of the molecule is CCN(CC)c1ccc2c(C(C)(C)C)cc(/C=C/OC)[o+]c2c1.F[B-](F)(F)F. The summed E-state index contributed by atoms with van der Waals surface area (Å²) in [6, 6.07) is 8.61. The Hall–Kier alpha value is -2.25. The summed E-state index contributed by atoms with van der Waals surface area (Å²) in [4.78, 5) is 2.32. The van der Waals surface area contributed by atoms with E-state index in [2.05, 4.69) is 63.8 Å². The molecule has 1 aromatic heterocycles. The minimum atomic E-state index is -6.00. The summed E-state index contributed by atoms with van der Waals surface area (Å²) in [5, 5.41) is 1.17. The van der Waals surface area contributed by atoms with Crippen LogP contribution in [-0.4, -0.2) is 27.5 Å². The molecule has 0 amide bonds. The van der Waals surface area contributed by atoms with Gasteiger partial charge in [0.05, 0.1) is 30.9 Å². The molecular weight excluding hydrogens is 373 g/mol. The van der Waals surface area contributed by atoms with E-state index >= 15 is 0 Å². The van der Waals surface area contributed by atoms with Crippen LogP contribution in [0.25, 0.3) is 17.0 Å². The van der Waals surface area contributed by atoms with Crippen molar-refractivity contribution < 1.29 is 26.4 Å². The van der Waals surface area contributed by atoms with Gasteiger partial charge in [-0.05, 0) is 37.0 Å². The first-order valence-corrected chi connectivity index (χ1v) is 9.13. The topological polar surface area (TPSA) is 23.8 Å². The molecule has 0 spiro atoms. The zero-order valence-electron chi connectivity index (χ0n) is 17.2. The third-order valence-electron chi connectivity index (χ3n) is 4.07. The first-order valence-electron chi connectivity index (χ1n) is 9.13. The monoisotopic (exact) mass is 401 g/mol. The van der Waals surface area contributed by atoms with Gasteiger partial charge in [-0.25, -0.2) is 4.42 Å². The average Bonchev–Trinajstić information content (AvgIpc) is 2.57. The van der Waals surface area contributed by atoms with E-state index in [9.17, 15) is 17.3 Å². The van der Waals surface area contributed by atoms with Crippen LogP contribution in [0.2, 0.25) is 0 Å². The number of benzene rings is 1. The summed E-state index contributed by atoms with van der Waals surface area (Å²) in [6.07, 6.45) is 3.50. The lowest BCUT2D eigenvalue weighted by Crippen LogP contribution is -2.21. The molecule has 0 atom stereocenters. The molecule has 1 heterocycles. The number of hydrogen-bond donors (Lipinski definition) is 0. The Bertz CT molecular complexity index is 791. The van der Waals surface area contributed by atoms with Gasteiger partial charge < -0.3 is 26.9 Å². The standard InChI is InChI=1S/C20H28NO2.BF4/c1-7-21(8-2)15-9-10-17-18(20(3,4)5)14-16(11-12-22-6)23-19(17)13-15;2-1(3,4)5/h9-14H,7-8H2,1-6H3;/q+1;-1/b12-11+;. The molecule has 8 heteroatoms. The maximum atomic E-state index is 9.75. The van der Waals surface area contributed by atoms with Crippen molar-refractivity contribution in [2.45, 2.75) is 40.0 Å². The minimum absolute atomic E-state index is 0.0431. The van der Waals surface area contributed by atoms with Crippen LogP contribution in [-0.2, 0) is 10.2 Å². The average molecular weight is 401 g/mol. The zero-order valence-corrected chi connectivity index (χ0v) is 17.2. The van der Waals surface area contributed by atoms with Gasteiger partial charge in [0, 0.05) is 24.8 Å². The molecule has 3 nitrogen and oxygen atoms in total. The summed E-state index contributed by atoms with van der Waals surface area (Å²) < 4.78 is 50.1. The molecule has 0 saturated heterocycles. The second-order valence-electron chi connectivity index (χ2n) is 7.20. The van der Waals surface area contributed by atoms with Gasteiger partial charge in [-0.1, -0.05) is 20.8 Å². The molecule has 0 unspecified atom stereocenters. The highest BCUT2D eigenvalue weighted by Crippen LogP contribution is 2.33. The summed E-state index contributed by atoms with van der Waals surface area (Å²) in [7, 11) is -4.36. The highest BCUT2D eigenvalue weighted by molar-refractivity contribution is 6.50. The van der Waals surface area contributed by atoms with Crippen LogP contribution in [0.5, 0.6) is 0 Å². The summed E-state index contributed by atoms with van der Waals surface area (Å²) in [5.41, 5.74) is 3.43. The highest BCUT2D eigenvalue weighted by Gasteiger charge is 2.25. The second kappa shape index (κ2) is 9.80. The molecule has 0 N–H and O–H groups in total. The van der Waals surface area contributed by atoms with Crippen molar-refractivity contribution in [3.63, 3.8) is 0 Å². The molecule has 28 heavy (non-hydrogen) atoms. The summed E-state index contributed by atoms with van der Waals surface area (Å²) >= 11 is 0. The van der Waals surface area contributed by atoms with Crippen LogP contribution >= 0.6 is 0 Å². The Morgan fingerprint density at radius 3 is 2.11 bits per heavy atom. The normalized spacial score (nSPS) is 12.1. The molecular formula is C20H28BF4NO2. The number of anilines is 1. The molecule has 0 saturated carbocycles. The Morgan fingerprint density at radius 1 is 1.07 bits per heavy atom. The second-order valence-corrected chi connectivity index (χ2v) is 7.20. The van der Waals surface area contributed by atoms with Gasteiger partial charge in [-0.15, -0.1) is 0 Å². The van der Waals surface area contributed by atoms with E-state index in [0.717, 1.165) is 24.4 Å². The van der Waals surface area contributed by atoms with Gasteiger partial charge in [0.1, 0.15) is 0 Å². The molecule has 0 aliphatic rings. The van der Waals surface area contributed by atoms with Gasteiger partial charge >= 0.3 is 18.6 Å². The third-order valence-corrected chi connectivity index (χ3v) is 4.07. The van der Waals surface area contributed by atoms with E-state index in [-0.39, 0.29) is 5.41 Å². The van der Waals surface area contributed by atoms with E-state index in [4.69, 9.17) is 9.15 Å². The molecule has 0 bridgehead atoms. The van der Waals surface area contributed by atoms with Crippen molar-refractivity contribution in [3.8, 4) is 0 Å². The Labute approximate surface area is 164 Å². The van der Waals surface area contributed by atoms with Crippen LogP contribution in [0.4, 0.5) is 23.0 Å². The molecule has 156 valence electrons. The predicted octanol–water partition coefficient (Wildman–Crippen LogP) is 6.77. The van der Waals surface area contributed by atoms with Crippen molar-refractivity contribution in [2.75, 3.05) is 25.1 Å². The first-order chi connectivity index (χ1) is 12.9. The van der Waals surface area contributed by atoms with Crippen LogP contribution in [0, 0.1) is 0 Å². The predicted molar refractivity (Wildman–Crippen MR) is 109 cm³/mol. The molecule has 2 rings (SSSR count). The molecule has 0 aliphatic heterocycles. The molecule has 2 aromatic rings. The van der Waals surface area contributed by atoms with E-state index in [1.54, 1.807) is 13.4 Å². The first kappa shape index (κ1) is 23.8. The van der Waals surface area contributed by atoms with E-state index in [1.807, 2.05) is 6.08 Å². The summed E-state index contributed by atoms with van der Waals surface area (Å²) in [5.74, 6) is 0.806. The third kappa shape index (κ3) is 7.41. The number of nitrogens with zero attached hydrogens (tertiary/aromatic N) is 1. The number of methoxy groups -OCH3 is 1. The van der Waals surface area contributed by atoms with Crippen LogP contribution in [0.1, 0.15) is 45.9 Å². The van der Waals surface area contributed by atoms with E-state index < -0.39 is 7.25 Å². The van der Waals surface area contributed by atoms with Crippen LogP contribution in [0.15, 0.2) is 34.9 Å². The fourth-order valence-electron chi connectivity index (χ4n) is 2.82. The zero-order chi connectivity index (χ0) is 21.5. The fraction of sp³-hybridized carbons (Fsp3) is 0.450. The lowest BCUT2D eigenvalue weighted by molar-refractivity contribution is 0.340. The molecule has 0 aliphatic carbocycles. The smallest absolute Gasteiger partial charge is 0.504 e. The van der Waals surface area contributed by atoms with Crippen molar-refractivity contribution in [3.05, 3.63) is 41.9 Å². The van der Waals surface area contributed by atoms with Crippen molar-refractivity contribution >= 4 is 30.0 Å². The van der Waals surface area contributed by atoms with Crippen molar-refractivity contribution in [1.29, 1.82) is 0 Å². The number of rotatable bonds is 5. The summed E-state index contributed by atoms with van der Waals surface area (Å²) in [6.45, 7) is 13.0. The number of hydrogen-bond acceptors (Lipinski definition) is 2. The molecule has 1 aromatic carbocycles. The fourth-order valence-corrected chi connectivity index (χ4v) is 2.82. The Balaban J connectivity index is 0.000000696. The van der Waals surface area contributed by atoms with Gasteiger partial charge in [0.2, 0.25) is 0 Å². The van der Waals surface area contributed by atoms with E-state index in [0.29, 0.717) is 0 Å². The maximum absolute atomic E-state index is 9.75. The van der Waals surface area contributed by atoms with Crippen LogP contribution in [0.3, 0.4) is 0 Å². The lowest BCUT2D eigenvalue weighted by Gasteiger charge is -2.22. The van der Waals surface area contributed by atoms with Crippen molar-refractivity contribution in [1.82, 2.24) is 0 Å². The van der Waals surface area contributed by atoms with Gasteiger partial charge in [0.25, 0.3) is 0 Å². The van der Waals surface area contributed by atoms with Crippen molar-refractivity contribution in [2.24, 2.45) is 0 Å². The number of ether oxygens (including phenoxy) is 1. The van der Waals surface area contributed by atoms with Gasteiger partial charge in [-0.2, -0.15) is 0 Å². The van der Waals surface area contributed by atoms with E-state index in [1.165, 1.54) is 16.6 Å². The maximum Gasteiger partial charge on any atom is 0.673 e. The Morgan fingerprint density at radius 2 is 1.64 bits per heavy atom. The number of halogens is 4. The minimum Gasteiger partial charge on any atom is -0.504 e. The molecule has 0 fully saturated rings.